The SMILES string of the molecule is C=CC(=O)c1ccc(C(F)(F)F)c(Br)c1. The van der Waals surface area contributed by atoms with Gasteiger partial charge < -0.3 is 0 Å². The van der Waals surface area contributed by atoms with Crippen LogP contribution in [0, 0.1) is 0 Å². The molecule has 0 aliphatic carbocycles. The van der Waals surface area contributed by atoms with Crippen LogP contribution in [0.15, 0.2) is 35.3 Å². The summed E-state index contributed by atoms with van der Waals surface area (Å²) in [5.74, 6) is -0.413. The zero-order valence-corrected chi connectivity index (χ0v) is 9.02. The van der Waals surface area contributed by atoms with Crippen LogP contribution in [0.25, 0.3) is 0 Å². The first-order valence-corrected chi connectivity index (χ1v) is 4.69. The van der Waals surface area contributed by atoms with Crippen LogP contribution in [0.3, 0.4) is 0 Å². The Morgan fingerprint density at radius 1 is 1.40 bits per heavy atom. The van der Waals surface area contributed by atoms with Gasteiger partial charge in [-0.1, -0.05) is 28.6 Å². The van der Waals surface area contributed by atoms with Crippen molar-refractivity contribution in [1.82, 2.24) is 0 Å². The quantitative estimate of drug-likeness (QED) is 0.594. The highest BCUT2D eigenvalue weighted by Crippen LogP contribution is 2.35. The number of carbonyl (C=O) groups excluding carboxylic acids is 1. The summed E-state index contributed by atoms with van der Waals surface area (Å²) in [5.41, 5.74) is -0.631. The van der Waals surface area contributed by atoms with Gasteiger partial charge in [-0.15, -0.1) is 0 Å². The molecule has 1 nitrogen and oxygen atoms in total. The maximum Gasteiger partial charge on any atom is 0.417 e. The van der Waals surface area contributed by atoms with Gasteiger partial charge in [-0.2, -0.15) is 13.2 Å². The van der Waals surface area contributed by atoms with Gasteiger partial charge in [-0.05, 0) is 18.2 Å². The van der Waals surface area contributed by atoms with Gasteiger partial charge in [-0.25, -0.2) is 0 Å². The molecular formula is C10H6BrF3O. The van der Waals surface area contributed by atoms with Gasteiger partial charge in [0.1, 0.15) is 0 Å². The van der Waals surface area contributed by atoms with E-state index in [1.54, 1.807) is 0 Å². The van der Waals surface area contributed by atoms with E-state index in [1.807, 2.05) is 0 Å². The molecule has 0 aliphatic heterocycles. The molecule has 0 saturated heterocycles. The number of hydrogen-bond donors (Lipinski definition) is 0. The van der Waals surface area contributed by atoms with Crippen molar-refractivity contribution in [2.45, 2.75) is 6.18 Å². The van der Waals surface area contributed by atoms with Crippen LogP contribution in [-0.4, -0.2) is 5.78 Å². The minimum absolute atomic E-state index is 0.150. The Morgan fingerprint density at radius 2 is 2.00 bits per heavy atom. The maximum absolute atomic E-state index is 12.3. The molecule has 0 bridgehead atoms. The largest absolute Gasteiger partial charge is 0.417 e. The summed E-state index contributed by atoms with van der Waals surface area (Å²) in [6.07, 6.45) is -3.37. The Labute approximate surface area is 92.7 Å². The topological polar surface area (TPSA) is 17.1 Å². The molecule has 80 valence electrons. The molecule has 0 N–H and O–H groups in total. The van der Waals surface area contributed by atoms with Crippen LogP contribution >= 0.6 is 15.9 Å². The van der Waals surface area contributed by atoms with Gasteiger partial charge in [-0.3, -0.25) is 4.79 Å². The van der Waals surface area contributed by atoms with E-state index in [4.69, 9.17) is 0 Å². The summed E-state index contributed by atoms with van der Waals surface area (Å²) < 4.78 is 36.8. The Kier molecular flexibility index (Phi) is 3.34. The van der Waals surface area contributed by atoms with Crippen molar-refractivity contribution >= 4 is 21.7 Å². The minimum atomic E-state index is -4.42. The summed E-state index contributed by atoms with van der Waals surface area (Å²) in [5, 5.41) is 0. The van der Waals surface area contributed by atoms with E-state index in [9.17, 15) is 18.0 Å². The monoisotopic (exact) mass is 278 g/mol. The predicted molar refractivity (Wildman–Crippen MR) is 53.7 cm³/mol. The lowest BCUT2D eigenvalue weighted by Gasteiger charge is -2.09. The van der Waals surface area contributed by atoms with Crippen LogP contribution in [0.1, 0.15) is 15.9 Å². The van der Waals surface area contributed by atoms with Gasteiger partial charge in [0.05, 0.1) is 5.56 Å². The summed E-state index contributed by atoms with van der Waals surface area (Å²) in [7, 11) is 0. The van der Waals surface area contributed by atoms with E-state index >= 15 is 0 Å². The zero-order valence-electron chi connectivity index (χ0n) is 7.44. The Balaban J connectivity index is 3.20. The number of alkyl halides is 3. The van der Waals surface area contributed by atoms with Crippen LogP contribution in [0.4, 0.5) is 13.2 Å². The number of carbonyl (C=O) groups is 1. The highest BCUT2D eigenvalue weighted by molar-refractivity contribution is 9.10. The highest BCUT2D eigenvalue weighted by atomic mass is 79.9. The average molecular weight is 279 g/mol. The number of ketones is 1. The molecule has 1 rings (SSSR count). The molecule has 1 aromatic rings. The third-order valence-electron chi connectivity index (χ3n) is 1.74. The molecule has 0 atom stereocenters. The van der Waals surface area contributed by atoms with Crippen molar-refractivity contribution < 1.29 is 18.0 Å². The second kappa shape index (κ2) is 4.18. The summed E-state index contributed by atoms with van der Waals surface area (Å²) in [6, 6.07) is 3.12. The number of halogens is 4. The number of allylic oxidation sites excluding steroid dienone is 1. The molecular weight excluding hydrogens is 273 g/mol. The highest BCUT2D eigenvalue weighted by Gasteiger charge is 2.32. The smallest absolute Gasteiger partial charge is 0.289 e. The maximum atomic E-state index is 12.3. The third-order valence-corrected chi connectivity index (χ3v) is 2.40. The van der Waals surface area contributed by atoms with Crippen molar-refractivity contribution in [2.75, 3.05) is 0 Å². The lowest BCUT2D eigenvalue weighted by Crippen LogP contribution is -2.07. The van der Waals surface area contributed by atoms with Gasteiger partial charge in [0.25, 0.3) is 0 Å². The molecule has 0 saturated carbocycles. The van der Waals surface area contributed by atoms with Crippen molar-refractivity contribution in [1.29, 1.82) is 0 Å². The molecule has 0 aromatic heterocycles. The Morgan fingerprint density at radius 3 is 2.40 bits per heavy atom. The van der Waals surface area contributed by atoms with Crippen molar-refractivity contribution in [2.24, 2.45) is 0 Å². The molecule has 0 unspecified atom stereocenters. The lowest BCUT2D eigenvalue weighted by molar-refractivity contribution is -0.138. The molecule has 0 amide bonds. The van der Waals surface area contributed by atoms with E-state index in [0.29, 0.717) is 0 Å². The molecule has 0 fully saturated rings. The fraction of sp³-hybridized carbons (Fsp3) is 0.100. The summed E-state index contributed by atoms with van der Waals surface area (Å²) in [6.45, 7) is 3.25. The van der Waals surface area contributed by atoms with Crippen LogP contribution in [0.5, 0.6) is 0 Å². The molecule has 0 spiro atoms. The molecule has 5 heteroatoms. The molecule has 1 aromatic carbocycles. The summed E-state index contributed by atoms with van der Waals surface area (Å²) in [4.78, 5) is 11.1. The van der Waals surface area contributed by atoms with Crippen molar-refractivity contribution in [3.05, 3.63) is 46.5 Å². The fourth-order valence-corrected chi connectivity index (χ4v) is 1.62. The van der Waals surface area contributed by atoms with E-state index in [-0.39, 0.29) is 10.0 Å². The third kappa shape index (κ3) is 2.68. The van der Waals surface area contributed by atoms with Gasteiger partial charge in [0, 0.05) is 10.0 Å². The molecule has 0 heterocycles. The number of hydrogen-bond acceptors (Lipinski definition) is 1. The normalized spacial score (nSPS) is 11.2. The minimum Gasteiger partial charge on any atom is -0.289 e. The molecule has 15 heavy (non-hydrogen) atoms. The standard InChI is InChI=1S/C10H6BrF3O/c1-2-9(15)6-3-4-7(8(11)5-6)10(12,13)14/h2-5H,1H2. The van der Waals surface area contributed by atoms with Crippen LogP contribution in [0.2, 0.25) is 0 Å². The van der Waals surface area contributed by atoms with Crippen molar-refractivity contribution in [3.63, 3.8) is 0 Å². The molecule has 0 radical (unpaired) electrons. The van der Waals surface area contributed by atoms with Gasteiger partial charge in [0.15, 0.2) is 5.78 Å². The first-order chi connectivity index (χ1) is 6.86. The fourth-order valence-electron chi connectivity index (χ4n) is 1.02. The number of rotatable bonds is 2. The van der Waals surface area contributed by atoms with Crippen molar-refractivity contribution in [3.8, 4) is 0 Å². The first kappa shape index (κ1) is 12.0. The second-order valence-corrected chi connectivity index (χ2v) is 3.62. The lowest BCUT2D eigenvalue weighted by atomic mass is 10.1. The van der Waals surface area contributed by atoms with Gasteiger partial charge in [0.2, 0.25) is 0 Å². The van der Waals surface area contributed by atoms with E-state index < -0.39 is 17.5 Å². The zero-order chi connectivity index (χ0) is 11.6. The van der Waals surface area contributed by atoms with E-state index in [2.05, 4.69) is 22.5 Å². The first-order valence-electron chi connectivity index (χ1n) is 3.90. The van der Waals surface area contributed by atoms with Crippen LogP contribution in [-0.2, 0) is 6.18 Å². The van der Waals surface area contributed by atoms with E-state index in [0.717, 1.165) is 24.3 Å². The Bertz CT molecular complexity index is 410. The van der Waals surface area contributed by atoms with Crippen LogP contribution < -0.4 is 0 Å². The average Bonchev–Trinajstić information content (AvgIpc) is 2.14. The number of benzene rings is 1. The molecule has 0 aliphatic rings. The second-order valence-electron chi connectivity index (χ2n) is 2.76. The summed E-state index contributed by atoms with van der Waals surface area (Å²) >= 11 is 2.77. The Hall–Kier alpha value is -1.10. The predicted octanol–water partition coefficient (Wildman–Crippen LogP) is 3.84. The van der Waals surface area contributed by atoms with Gasteiger partial charge >= 0.3 is 6.18 Å². The van der Waals surface area contributed by atoms with E-state index in [1.165, 1.54) is 0 Å².